The Hall–Kier alpha value is -3.00. The van der Waals surface area contributed by atoms with Gasteiger partial charge in [0.1, 0.15) is 6.10 Å². The van der Waals surface area contributed by atoms with Gasteiger partial charge in [-0.2, -0.15) is 0 Å². The van der Waals surface area contributed by atoms with Crippen molar-refractivity contribution in [3.8, 4) is 16.7 Å². The van der Waals surface area contributed by atoms with Crippen molar-refractivity contribution in [2.24, 2.45) is 0 Å². The summed E-state index contributed by atoms with van der Waals surface area (Å²) in [5, 5.41) is 3.57. The summed E-state index contributed by atoms with van der Waals surface area (Å²) >= 11 is 1.52. The largest absolute Gasteiger partial charge is 0.493 e. The predicted octanol–water partition coefficient (Wildman–Crippen LogP) is 3.29. The molecule has 1 N–H and O–H groups in total. The number of methoxy groups -OCH3 is 2. The number of rotatable bonds is 6. The fourth-order valence-electron chi connectivity index (χ4n) is 3.00. The SMILES string of the molecule is COc1ccc(CNC(=O)N2CC(Oc3nc4ccccc4s3)C2)cc1OC. The van der Waals surface area contributed by atoms with E-state index in [9.17, 15) is 4.79 Å². The number of para-hydroxylation sites is 1. The molecule has 1 fully saturated rings. The molecule has 1 aromatic heterocycles. The molecule has 0 aliphatic carbocycles. The third-order valence-electron chi connectivity index (χ3n) is 4.57. The lowest BCUT2D eigenvalue weighted by Crippen LogP contribution is -2.58. The lowest BCUT2D eigenvalue weighted by atomic mass is 10.2. The molecule has 2 amide bonds. The van der Waals surface area contributed by atoms with Gasteiger partial charge < -0.3 is 24.4 Å². The van der Waals surface area contributed by atoms with Crippen LogP contribution in [-0.2, 0) is 6.54 Å². The van der Waals surface area contributed by atoms with Gasteiger partial charge in [0.25, 0.3) is 5.19 Å². The minimum atomic E-state index is -0.112. The molecule has 8 heteroatoms. The smallest absolute Gasteiger partial charge is 0.317 e. The van der Waals surface area contributed by atoms with Crippen LogP contribution in [0.1, 0.15) is 5.56 Å². The van der Waals surface area contributed by atoms with E-state index in [4.69, 9.17) is 14.2 Å². The Labute approximate surface area is 166 Å². The van der Waals surface area contributed by atoms with E-state index in [0.29, 0.717) is 36.3 Å². The van der Waals surface area contributed by atoms with E-state index in [1.807, 2.05) is 42.5 Å². The van der Waals surface area contributed by atoms with Crippen molar-refractivity contribution in [2.75, 3.05) is 27.3 Å². The Kier molecular flexibility index (Phi) is 5.21. The number of nitrogens with one attached hydrogen (secondary N) is 1. The minimum Gasteiger partial charge on any atom is -0.493 e. The number of ether oxygens (including phenoxy) is 3. The van der Waals surface area contributed by atoms with Gasteiger partial charge in [-0.05, 0) is 29.8 Å². The topological polar surface area (TPSA) is 72.9 Å². The van der Waals surface area contributed by atoms with E-state index >= 15 is 0 Å². The van der Waals surface area contributed by atoms with Gasteiger partial charge in [-0.1, -0.05) is 29.5 Å². The number of hydrogen-bond donors (Lipinski definition) is 1. The van der Waals surface area contributed by atoms with E-state index in [1.165, 1.54) is 11.3 Å². The van der Waals surface area contributed by atoms with Crippen molar-refractivity contribution >= 4 is 27.6 Å². The number of hydrogen-bond acceptors (Lipinski definition) is 6. The lowest BCUT2D eigenvalue weighted by Gasteiger charge is -2.38. The fourth-order valence-corrected chi connectivity index (χ4v) is 3.88. The maximum atomic E-state index is 12.3. The van der Waals surface area contributed by atoms with E-state index in [1.54, 1.807) is 19.1 Å². The van der Waals surface area contributed by atoms with Crippen molar-refractivity contribution < 1.29 is 19.0 Å². The monoisotopic (exact) mass is 399 g/mol. The average Bonchev–Trinajstić information content (AvgIpc) is 3.10. The van der Waals surface area contributed by atoms with Gasteiger partial charge in [-0.3, -0.25) is 0 Å². The van der Waals surface area contributed by atoms with Crippen LogP contribution < -0.4 is 19.5 Å². The molecule has 1 saturated heterocycles. The zero-order chi connectivity index (χ0) is 19.5. The number of amides is 2. The highest BCUT2D eigenvalue weighted by Crippen LogP contribution is 2.29. The molecule has 0 unspecified atom stereocenters. The fraction of sp³-hybridized carbons (Fsp3) is 0.300. The Balaban J connectivity index is 1.26. The zero-order valence-electron chi connectivity index (χ0n) is 15.7. The number of benzene rings is 2. The van der Waals surface area contributed by atoms with Gasteiger partial charge in [0.05, 0.1) is 37.5 Å². The first-order valence-electron chi connectivity index (χ1n) is 8.92. The molecule has 0 spiro atoms. The van der Waals surface area contributed by atoms with Gasteiger partial charge in [-0.25, -0.2) is 9.78 Å². The third kappa shape index (κ3) is 3.82. The summed E-state index contributed by atoms with van der Waals surface area (Å²) in [6.45, 7) is 1.51. The Bertz CT molecular complexity index is 951. The normalized spacial score (nSPS) is 13.9. The van der Waals surface area contributed by atoms with Crippen LogP contribution in [0.4, 0.5) is 4.79 Å². The van der Waals surface area contributed by atoms with Crippen LogP contribution in [0.25, 0.3) is 10.2 Å². The van der Waals surface area contributed by atoms with Crippen LogP contribution in [-0.4, -0.2) is 49.3 Å². The average molecular weight is 399 g/mol. The van der Waals surface area contributed by atoms with Gasteiger partial charge >= 0.3 is 6.03 Å². The third-order valence-corrected chi connectivity index (χ3v) is 5.50. The molecule has 0 radical (unpaired) electrons. The number of aromatic nitrogens is 1. The van der Waals surface area contributed by atoms with Gasteiger partial charge in [-0.15, -0.1) is 0 Å². The van der Waals surface area contributed by atoms with E-state index < -0.39 is 0 Å². The Morgan fingerprint density at radius 3 is 2.71 bits per heavy atom. The van der Waals surface area contributed by atoms with Gasteiger partial charge in [0.2, 0.25) is 0 Å². The standard InChI is InChI=1S/C20H21N3O4S/c1-25-16-8-7-13(9-17(16)26-2)10-21-19(24)23-11-14(12-23)27-20-22-15-5-3-4-6-18(15)28-20/h3-9,14H,10-12H2,1-2H3,(H,21,24). The highest BCUT2D eigenvalue weighted by molar-refractivity contribution is 7.20. The molecular formula is C20H21N3O4S. The predicted molar refractivity (Wildman–Crippen MR) is 107 cm³/mol. The number of likely N-dealkylation sites (tertiary alicyclic amines) is 1. The number of urea groups is 1. The minimum absolute atomic E-state index is 0.0209. The van der Waals surface area contributed by atoms with Gasteiger partial charge in [0.15, 0.2) is 11.5 Å². The van der Waals surface area contributed by atoms with Crippen LogP contribution in [0.3, 0.4) is 0 Å². The molecule has 0 saturated carbocycles. The second-order valence-corrected chi connectivity index (χ2v) is 7.43. The second kappa shape index (κ2) is 7.93. The first-order valence-corrected chi connectivity index (χ1v) is 9.74. The van der Waals surface area contributed by atoms with E-state index in [-0.39, 0.29) is 12.1 Å². The molecule has 2 aromatic carbocycles. The molecule has 0 atom stereocenters. The number of fused-ring (bicyclic) bond motifs is 1. The van der Waals surface area contributed by atoms with Crippen molar-refractivity contribution in [1.82, 2.24) is 15.2 Å². The van der Waals surface area contributed by atoms with Crippen molar-refractivity contribution in [3.05, 3.63) is 48.0 Å². The molecule has 3 aromatic rings. The summed E-state index contributed by atoms with van der Waals surface area (Å²) < 4.78 is 17.5. The molecule has 1 aliphatic rings. The number of carbonyl (C=O) groups is 1. The van der Waals surface area contributed by atoms with Gasteiger partial charge in [0, 0.05) is 6.54 Å². The molecule has 4 rings (SSSR count). The van der Waals surface area contributed by atoms with Crippen molar-refractivity contribution in [3.63, 3.8) is 0 Å². The van der Waals surface area contributed by atoms with Crippen molar-refractivity contribution in [1.29, 1.82) is 0 Å². The summed E-state index contributed by atoms with van der Waals surface area (Å²) in [4.78, 5) is 18.5. The molecule has 146 valence electrons. The molecule has 7 nitrogen and oxygen atoms in total. The van der Waals surface area contributed by atoms with E-state index in [0.717, 1.165) is 15.8 Å². The second-order valence-electron chi connectivity index (χ2n) is 6.44. The highest BCUT2D eigenvalue weighted by atomic mass is 32.1. The number of nitrogens with zero attached hydrogens (tertiary/aromatic N) is 2. The molecule has 0 bridgehead atoms. The maximum absolute atomic E-state index is 12.3. The summed E-state index contributed by atoms with van der Waals surface area (Å²) in [7, 11) is 3.18. The maximum Gasteiger partial charge on any atom is 0.317 e. The summed E-state index contributed by atoms with van der Waals surface area (Å²) in [5.74, 6) is 1.30. The van der Waals surface area contributed by atoms with Crippen LogP contribution in [0.5, 0.6) is 16.7 Å². The molecule has 1 aliphatic heterocycles. The summed E-state index contributed by atoms with van der Waals surface area (Å²) in [6, 6.07) is 13.4. The molecular weight excluding hydrogens is 378 g/mol. The van der Waals surface area contributed by atoms with Crippen molar-refractivity contribution in [2.45, 2.75) is 12.6 Å². The van der Waals surface area contributed by atoms with Crippen LogP contribution in [0, 0.1) is 0 Å². The zero-order valence-corrected chi connectivity index (χ0v) is 16.5. The van der Waals surface area contributed by atoms with Crippen LogP contribution >= 0.6 is 11.3 Å². The Morgan fingerprint density at radius 2 is 1.96 bits per heavy atom. The number of carbonyl (C=O) groups excluding carboxylic acids is 1. The Morgan fingerprint density at radius 1 is 1.18 bits per heavy atom. The lowest BCUT2D eigenvalue weighted by molar-refractivity contribution is 0.0443. The van der Waals surface area contributed by atoms with Crippen LogP contribution in [0.2, 0.25) is 0 Å². The first-order chi connectivity index (χ1) is 13.7. The first kappa shape index (κ1) is 18.4. The summed E-state index contributed by atoms with van der Waals surface area (Å²) in [6.07, 6.45) is -0.0209. The van der Waals surface area contributed by atoms with E-state index in [2.05, 4.69) is 10.3 Å². The quantitative estimate of drug-likeness (QED) is 0.689. The highest BCUT2D eigenvalue weighted by Gasteiger charge is 2.32. The molecule has 28 heavy (non-hydrogen) atoms. The molecule has 2 heterocycles. The number of thiazole rings is 1. The van der Waals surface area contributed by atoms with Crippen LogP contribution in [0.15, 0.2) is 42.5 Å². The summed E-state index contributed by atoms with van der Waals surface area (Å²) in [5.41, 5.74) is 1.88.